The normalized spacial score (nSPS) is 12.0. The lowest BCUT2D eigenvalue weighted by molar-refractivity contribution is 0.174. The molecule has 1 aromatic heterocycles. The van der Waals surface area contributed by atoms with Crippen molar-refractivity contribution < 1.29 is 26.5 Å². The van der Waals surface area contributed by atoms with E-state index in [1.807, 2.05) is 0 Å². The number of halogens is 2. The summed E-state index contributed by atoms with van der Waals surface area (Å²) in [5.41, 5.74) is 0.424. The van der Waals surface area contributed by atoms with Crippen LogP contribution in [-0.2, 0) is 21.2 Å². The Hall–Kier alpha value is -1.87. The number of rotatable bonds is 5. The molecule has 108 valence electrons. The van der Waals surface area contributed by atoms with Crippen LogP contribution in [0, 0.1) is 0 Å². The highest BCUT2D eigenvalue weighted by molar-refractivity contribution is 7.91. The van der Waals surface area contributed by atoms with Crippen LogP contribution >= 0.6 is 0 Å². The van der Waals surface area contributed by atoms with Gasteiger partial charge in [-0.05, 0) is 24.3 Å². The Morgan fingerprint density at radius 2 is 1.95 bits per heavy atom. The summed E-state index contributed by atoms with van der Waals surface area (Å²) >= 11 is 0. The highest BCUT2D eigenvalue weighted by Gasteiger charge is 2.26. The first-order valence-corrected chi connectivity index (χ1v) is 6.94. The van der Waals surface area contributed by atoms with Crippen molar-refractivity contribution >= 4 is 9.84 Å². The molecule has 6 nitrogen and oxygen atoms in total. The molecule has 0 amide bonds. The maximum atomic E-state index is 12.4. The summed E-state index contributed by atoms with van der Waals surface area (Å²) in [4.78, 5) is 3.53. The third-order valence-corrected chi connectivity index (χ3v) is 3.80. The summed E-state index contributed by atoms with van der Waals surface area (Å²) in [5, 5.41) is 3.63. The Bertz CT molecular complexity index is 683. The average Bonchev–Trinajstić information content (AvgIpc) is 2.88. The molecular weight excluding hydrogens is 294 g/mol. The van der Waals surface area contributed by atoms with Gasteiger partial charge in [0.25, 0.3) is 5.89 Å². The third-order valence-electron chi connectivity index (χ3n) is 2.41. The second-order valence-electron chi connectivity index (χ2n) is 3.78. The molecule has 0 bridgehead atoms. The summed E-state index contributed by atoms with van der Waals surface area (Å²) in [7, 11) is -3.13. The number of hydrogen-bond acceptors (Lipinski definition) is 6. The number of methoxy groups -OCH3 is 1. The summed E-state index contributed by atoms with van der Waals surface area (Å²) in [6, 6.07) is 4.77. The molecule has 0 aliphatic heterocycles. The first-order valence-electron chi connectivity index (χ1n) is 5.39. The molecule has 0 spiro atoms. The fourth-order valence-corrected chi connectivity index (χ4v) is 2.17. The van der Waals surface area contributed by atoms with Crippen molar-refractivity contribution in [1.29, 1.82) is 0 Å². The zero-order valence-electron chi connectivity index (χ0n) is 10.3. The molecule has 0 saturated carbocycles. The number of alkyl halides is 2. The Morgan fingerprint density at radius 1 is 1.30 bits per heavy atom. The fraction of sp³-hybridized carbons (Fsp3) is 0.273. The Labute approximate surface area is 113 Å². The molecule has 1 aromatic carbocycles. The third kappa shape index (κ3) is 2.83. The minimum Gasteiger partial charge on any atom is -0.377 e. The lowest BCUT2D eigenvalue weighted by atomic mass is 10.2. The van der Waals surface area contributed by atoms with Crippen molar-refractivity contribution in [3.8, 4) is 11.5 Å². The molecule has 0 N–H and O–H groups in total. The van der Waals surface area contributed by atoms with Crippen molar-refractivity contribution in [2.24, 2.45) is 0 Å². The van der Waals surface area contributed by atoms with E-state index in [1.54, 1.807) is 0 Å². The van der Waals surface area contributed by atoms with Crippen LogP contribution in [0.1, 0.15) is 5.82 Å². The van der Waals surface area contributed by atoms with Gasteiger partial charge in [-0.2, -0.15) is 13.8 Å². The summed E-state index contributed by atoms with van der Waals surface area (Å²) in [6.07, 6.45) is 0. The molecule has 0 atom stereocenters. The van der Waals surface area contributed by atoms with Crippen LogP contribution in [0.2, 0.25) is 0 Å². The molecule has 9 heteroatoms. The highest BCUT2D eigenvalue weighted by atomic mass is 32.2. The molecule has 0 fully saturated rings. The zero-order chi connectivity index (χ0) is 14.8. The molecular formula is C11H10F2N2O4S. The summed E-state index contributed by atoms with van der Waals surface area (Å²) < 4.78 is 57.0. The number of sulfone groups is 1. The molecule has 0 aliphatic carbocycles. The second kappa shape index (κ2) is 5.63. The van der Waals surface area contributed by atoms with E-state index in [0.717, 1.165) is 12.1 Å². The molecule has 20 heavy (non-hydrogen) atoms. The van der Waals surface area contributed by atoms with Gasteiger partial charge in [-0.1, -0.05) is 5.16 Å². The van der Waals surface area contributed by atoms with Gasteiger partial charge in [-0.15, -0.1) is 0 Å². The lowest BCUT2D eigenvalue weighted by Crippen LogP contribution is -2.11. The van der Waals surface area contributed by atoms with Crippen molar-refractivity contribution in [1.82, 2.24) is 10.1 Å². The van der Waals surface area contributed by atoms with Crippen molar-refractivity contribution in [2.45, 2.75) is 17.3 Å². The minimum atomic E-state index is -4.60. The average molecular weight is 304 g/mol. The van der Waals surface area contributed by atoms with E-state index in [0.29, 0.717) is 11.4 Å². The number of benzene rings is 1. The standard InChI is InChI=1S/C11H10F2N2O4S/c1-18-6-9-14-10(19-15-9)7-2-4-8(5-3-7)20(16,17)11(12)13/h2-5,11H,6H2,1H3. The largest absolute Gasteiger partial charge is 0.377 e. The smallest absolute Gasteiger partial charge is 0.341 e. The maximum Gasteiger partial charge on any atom is 0.341 e. The van der Waals surface area contributed by atoms with Crippen LogP contribution in [0.15, 0.2) is 33.7 Å². The maximum absolute atomic E-state index is 12.4. The van der Waals surface area contributed by atoms with Crippen LogP contribution in [0.3, 0.4) is 0 Å². The van der Waals surface area contributed by atoms with E-state index >= 15 is 0 Å². The first-order chi connectivity index (χ1) is 9.45. The zero-order valence-corrected chi connectivity index (χ0v) is 11.1. The number of nitrogens with zero attached hydrogens (tertiary/aromatic N) is 2. The van der Waals surface area contributed by atoms with Crippen molar-refractivity contribution in [3.05, 3.63) is 30.1 Å². The number of hydrogen-bond donors (Lipinski definition) is 0. The van der Waals surface area contributed by atoms with Gasteiger partial charge >= 0.3 is 5.76 Å². The molecule has 0 saturated heterocycles. The van der Waals surface area contributed by atoms with Crippen LogP contribution < -0.4 is 0 Å². The van der Waals surface area contributed by atoms with E-state index in [-0.39, 0.29) is 12.5 Å². The lowest BCUT2D eigenvalue weighted by Gasteiger charge is -2.02. The molecule has 1 heterocycles. The van der Waals surface area contributed by atoms with Gasteiger partial charge in [-0.25, -0.2) is 8.42 Å². The molecule has 0 radical (unpaired) electrons. The topological polar surface area (TPSA) is 82.3 Å². The molecule has 2 aromatic rings. The Kier molecular flexibility index (Phi) is 4.09. The van der Waals surface area contributed by atoms with E-state index in [9.17, 15) is 17.2 Å². The van der Waals surface area contributed by atoms with E-state index < -0.39 is 20.5 Å². The Morgan fingerprint density at radius 3 is 2.50 bits per heavy atom. The quantitative estimate of drug-likeness (QED) is 0.838. The van der Waals surface area contributed by atoms with Gasteiger partial charge in [-0.3, -0.25) is 0 Å². The van der Waals surface area contributed by atoms with Crippen LogP contribution in [-0.4, -0.2) is 31.4 Å². The summed E-state index contributed by atoms with van der Waals surface area (Å²) in [5.74, 6) is -2.98. The monoisotopic (exact) mass is 304 g/mol. The van der Waals surface area contributed by atoms with Gasteiger partial charge in [0.2, 0.25) is 9.84 Å². The van der Waals surface area contributed by atoms with E-state index in [1.165, 1.54) is 19.2 Å². The first kappa shape index (κ1) is 14.5. The van der Waals surface area contributed by atoms with E-state index in [4.69, 9.17) is 9.26 Å². The van der Waals surface area contributed by atoms with Crippen molar-refractivity contribution in [3.63, 3.8) is 0 Å². The SMILES string of the molecule is COCc1noc(-c2ccc(S(=O)(=O)C(F)F)cc2)n1. The van der Waals surface area contributed by atoms with Gasteiger partial charge in [0.05, 0.1) is 4.90 Å². The fourth-order valence-electron chi connectivity index (χ4n) is 1.45. The van der Waals surface area contributed by atoms with Crippen LogP contribution in [0.25, 0.3) is 11.5 Å². The highest BCUT2D eigenvalue weighted by Crippen LogP contribution is 2.23. The van der Waals surface area contributed by atoms with Gasteiger partial charge in [0, 0.05) is 12.7 Å². The van der Waals surface area contributed by atoms with Gasteiger partial charge in [0.1, 0.15) is 6.61 Å². The van der Waals surface area contributed by atoms with Gasteiger partial charge < -0.3 is 9.26 Å². The number of aromatic nitrogens is 2. The molecule has 2 rings (SSSR count). The molecule has 0 aliphatic rings. The van der Waals surface area contributed by atoms with Crippen molar-refractivity contribution in [2.75, 3.05) is 7.11 Å². The molecule has 0 unspecified atom stereocenters. The predicted molar refractivity (Wildman–Crippen MR) is 63.6 cm³/mol. The Balaban J connectivity index is 2.28. The van der Waals surface area contributed by atoms with Gasteiger partial charge in [0.15, 0.2) is 5.82 Å². The van der Waals surface area contributed by atoms with E-state index in [2.05, 4.69) is 10.1 Å². The van der Waals surface area contributed by atoms with Crippen LogP contribution in [0.5, 0.6) is 0 Å². The predicted octanol–water partition coefficient (Wildman–Crippen LogP) is 1.88. The minimum absolute atomic E-state index is 0.151. The second-order valence-corrected chi connectivity index (χ2v) is 5.70. The summed E-state index contributed by atoms with van der Waals surface area (Å²) in [6.45, 7) is 0.168. The number of ether oxygens (including phenoxy) is 1. The van der Waals surface area contributed by atoms with Crippen LogP contribution in [0.4, 0.5) is 8.78 Å².